The molecule has 0 saturated carbocycles. The Kier molecular flexibility index (Phi) is 4.38. The molecule has 0 aliphatic rings. The third-order valence-electron chi connectivity index (χ3n) is 2.01. The van der Waals surface area contributed by atoms with Gasteiger partial charge in [0.25, 0.3) is 0 Å². The molecule has 0 atom stereocenters. The molecular weight excluding hydrogens is 228 g/mol. The minimum Gasteiger partial charge on any atom is -0.463 e. The Hall–Kier alpha value is -1.48. The summed E-state index contributed by atoms with van der Waals surface area (Å²) in [5.41, 5.74) is 0.857. The van der Waals surface area contributed by atoms with Crippen molar-refractivity contribution in [2.75, 3.05) is 7.11 Å². The maximum absolute atomic E-state index is 11.3. The van der Waals surface area contributed by atoms with E-state index >= 15 is 0 Å². The molecule has 0 aliphatic carbocycles. The van der Waals surface area contributed by atoms with Gasteiger partial charge in [0, 0.05) is 5.02 Å². The van der Waals surface area contributed by atoms with Crippen molar-refractivity contribution in [1.29, 1.82) is 0 Å². The maximum atomic E-state index is 11.3. The van der Waals surface area contributed by atoms with E-state index in [1.165, 1.54) is 7.11 Å². The van der Waals surface area contributed by atoms with Gasteiger partial charge in [-0.2, -0.15) is 0 Å². The zero-order valence-electron chi connectivity index (χ0n) is 9.41. The van der Waals surface area contributed by atoms with E-state index in [1.54, 1.807) is 31.2 Å². The molecule has 0 aliphatic heterocycles. The quantitative estimate of drug-likeness (QED) is 0.463. The van der Waals surface area contributed by atoms with Gasteiger partial charge in [-0.25, -0.2) is 4.79 Å². The van der Waals surface area contributed by atoms with Crippen molar-refractivity contribution in [2.45, 2.75) is 13.8 Å². The largest absolute Gasteiger partial charge is 0.463 e. The number of ether oxygens (including phenoxy) is 2. The fraction of sp³-hybridized carbons (Fsp3) is 0.250. The lowest BCUT2D eigenvalue weighted by Gasteiger charge is -2.10. The first-order valence-corrected chi connectivity index (χ1v) is 5.15. The highest BCUT2D eigenvalue weighted by Crippen LogP contribution is 2.23. The number of carbonyl (C=O) groups excluding carboxylic acids is 1. The molecule has 1 aromatic carbocycles. The van der Waals surface area contributed by atoms with E-state index in [2.05, 4.69) is 4.74 Å². The first kappa shape index (κ1) is 12.6. The van der Waals surface area contributed by atoms with Gasteiger partial charge >= 0.3 is 5.97 Å². The van der Waals surface area contributed by atoms with Crippen molar-refractivity contribution in [1.82, 2.24) is 0 Å². The van der Waals surface area contributed by atoms with Crippen LogP contribution in [-0.4, -0.2) is 13.1 Å². The van der Waals surface area contributed by atoms with E-state index in [0.29, 0.717) is 10.8 Å². The number of halogens is 1. The van der Waals surface area contributed by atoms with Gasteiger partial charge in [-0.05, 0) is 43.7 Å². The van der Waals surface area contributed by atoms with Crippen LogP contribution < -0.4 is 4.74 Å². The number of rotatable bonds is 3. The van der Waals surface area contributed by atoms with Crippen LogP contribution in [0.15, 0.2) is 30.0 Å². The van der Waals surface area contributed by atoms with Crippen LogP contribution in [-0.2, 0) is 9.53 Å². The summed E-state index contributed by atoms with van der Waals surface area (Å²) in [5, 5.41) is 0.630. The minimum absolute atomic E-state index is 0.160. The number of hydrogen-bond acceptors (Lipinski definition) is 3. The Morgan fingerprint density at radius 3 is 2.62 bits per heavy atom. The molecule has 0 N–H and O–H groups in total. The minimum atomic E-state index is -0.503. The van der Waals surface area contributed by atoms with Crippen molar-refractivity contribution in [3.8, 4) is 5.75 Å². The van der Waals surface area contributed by atoms with Crippen molar-refractivity contribution < 1.29 is 14.3 Å². The first-order valence-electron chi connectivity index (χ1n) is 4.77. The van der Waals surface area contributed by atoms with Gasteiger partial charge in [-0.3, -0.25) is 0 Å². The third-order valence-corrected chi connectivity index (χ3v) is 2.24. The van der Waals surface area contributed by atoms with E-state index in [1.807, 2.05) is 6.92 Å². The van der Waals surface area contributed by atoms with Gasteiger partial charge in [0.15, 0.2) is 0 Å². The van der Waals surface area contributed by atoms with Crippen LogP contribution in [0.5, 0.6) is 5.75 Å². The lowest BCUT2D eigenvalue weighted by atomic mass is 10.2. The van der Waals surface area contributed by atoms with Crippen LogP contribution in [0.1, 0.15) is 12.5 Å². The van der Waals surface area contributed by atoms with E-state index in [0.717, 1.165) is 5.56 Å². The Bertz CT molecular complexity index is 424. The van der Waals surface area contributed by atoms with Crippen molar-refractivity contribution in [2.24, 2.45) is 0 Å². The summed E-state index contributed by atoms with van der Waals surface area (Å²) in [7, 11) is 1.31. The highest BCUT2D eigenvalue weighted by molar-refractivity contribution is 6.30. The van der Waals surface area contributed by atoms with E-state index in [4.69, 9.17) is 16.3 Å². The predicted molar refractivity (Wildman–Crippen MR) is 62.6 cm³/mol. The van der Waals surface area contributed by atoms with Gasteiger partial charge in [0.1, 0.15) is 5.75 Å². The summed E-state index contributed by atoms with van der Waals surface area (Å²) in [6.45, 7) is 3.56. The average molecular weight is 241 g/mol. The molecule has 1 rings (SSSR count). The van der Waals surface area contributed by atoms with E-state index < -0.39 is 5.97 Å². The van der Waals surface area contributed by atoms with Gasteiger partial charge in [-0.1, -0.05) is 11.6 Å². The second-order valence-corrected chi connectivity index (χ2v) is 3.59. The van der Waals surface area contributed by atoms with Crippen LogP contribution in [0.3, 0.4) is 0 Å². The van der Waals surface area contributed by atoms with Crippen molar-refractivity contribution in [3.63, 3.8) is 0 Å². The summed E-state index contributed by atoms with van der Waals surface area (Å²) in [6, 6.07) is 5.18. The molecule has 0 amide bonds. The lowest BCUT2D eigenvalue weighted by molar-refractivity contribution is -0.138. The van der Waals surface area contributed by atoms with Gasteiger partial charge in [-0.15, -0.1) is 0 Å². The highest BCUT2D eigenvalue weighted by Gasteiger charge is 2.12. The molecule has 4 heteroatoms. The fourth-order valence-electron chi connectivity index (χ4n) is 1.16. The molecule has 0 bridgehead atoms. The Morgan fingerprint density at radius 1 is 1.44 bits per heavy atom. The number of aryl methyl sites for hydroxylation is 1. The number of hydrogen-bond donors (Lipinski definition) is 0. The van der Waals surface area contributed by atoms with Crippen LogP contribution in [0.25, 0.3) is 0 Å². The molecule has 0 saturated heterocycles. The number of benzene rings is 1. The molecule has 0 aromatic heterocycles. The summed E-state index contributed by atoms with van der Waals surface area (Å²) >= 11 is 5.82. The van der Waals surface area contributed by atoms with Gasteiger partial charge < -0.3 is 9.47 Å². The second kappa shape index (κ2) is 5.56. The molecule has 3 nitrogen and oxygen atoms in total. The topological polar surface area (TPSA) is 35.5 Å². The maximum Gasteiger partial charge on any atom is 0.373 e. The summed E-state index contributed by atoms with van der Waals surface area (Å²) in [4.78, 5) is 11.3. The van der Waals surface area contributed by atoms with Crippen LogP contribution in [0.4, 0.5) is 0 Å². The molecule has 0 radical (unpaired) electrons. The monoisotopic (exact) mass is 240 g/mol. The summed E-state index contributed by atoms with van der Waals surface area (Å²) in [5.74, 6) is 0.243. The average Bonchev–Trinajstić information content (AvgIpc) is 2.27. The number of methoxy groups -OCH3 is 1. The molecule has 0 unspecified atom stereocenters. The second-order valence-electron chi connectivity index (χ2n) is 3.16. The number of esters is 1. The zero-order chi connectivity index (χ0) is 12.1. The van der Waals surface area contributed by atoms with Crippen LogP contribution >= 0.6 is 11.6 Å². The summed E-state index contributed by atoms with van der Waals surface area (Å²) < 4.78 is 10.0. The lowest BCUT2D eigenvalue weighted by Crippen LogP contribution is -2.10. The number of allylic oxidation sites excluding steroid dienone is 1. The summed E-state index contributed by atoms with van der Waals surface area (Å²) in [6.07, 6.45) is 1.56. The van der Waals surface area contributed by atoms with Crippen LogP contribution in [0.2, 0.25) is 5.02 Å². The molecule has 1 aromatic rings. The fourth-order valence-corrected chi connectivity index (χ4v) is 1.39. The first-order chi connectivity index (χ1) is 7.58. The Morgan fingerprint density at radius 2 is 2.12 bits per heavy atom. The van der Waals surface area contributed by atoms with Crippen molar-refractivity contribution >= 4 is 17.6 Å². The highest BCUT2D eigenvalue weighted by atomic mass is 35.5. The van der Waals surface area contributed by atoms with Crippen molar-refractivity contribution in [3.05, 3.63) is 40.6 Å². The van der Waals surface area contributed by atoms with Crippen LogP contribution in [0, 0.1) is 6.92 Å². The smallest absolute Gasteiger partial charge is 0.373 e. The normalized spacial score (nSPS) is 11.1. The van der Waals surface area contributed by atoms with Gasteiger partial charge in [0.2, 0.25) is 5.76 Å². The Labute approximate surface area is 99.6 Å². The Balaban J connectivity index is 2.91. The van der Waals surface area contributed by atoms with Gasteiger partial charge in [0.05, 0.1) is 7.11 Å². The zero-order valence-corrected chi connectivity index (χ0v) is 10.2. The molecule has 0 spiro atoms. The van der Waals surface area contributed by atoms with E-state index in [9.17, 15) is 4.79 Å². The molecular formula is C12H13ClO3. The molecule has 86 valence electrons. The number of carbonyl (C=O) groups is 1. The SMILES string of the molecule is CC=C(Oc1ccc(Cl)cc1C)C(=O)OC. The standard InChI is InChI=1S/C12H13ClO3/c1-4-10(12(14)15-3)16-11-6-5-9(13)7-8(11)2/h4-7H,1-3H3. The third kappa shape index (κ3) is 3.00. The molecule has 0 heterocycles. The molecule has 16 heavy (non-hydrogen) atoms. The van der Waals surface area contributed by atoms with E-state index in [-0.39, 0.29) is 5.76 Å². The predicted octanol–water partition coefficient (Wildman–Crippen LogP) is 3.10. The molecule has 0 fully saturated rings.